The van der Waals surface area contributed by atoms with Gasteiger partial charge in [0, 0.05) is 18.6 Å². The van der Waals surface area contributed by atoms with Crippen molar-refractivity contribution in [1.29, 1.82) is 0 Å². The SMILES string of the molecule is CCN1CCC[C@@H]1[C@H]1CCCN1C(=O)COCc1cccc(OC)c1. The second-order valence-corrected chi connectivity index (χ2v) is 6.98. The summed E-state index contributed by atoms with van der Waals surface area (Å²) in [6.07, 6.45) is 4.71. The van der Waals surface area contributed by atoms with Gasteiger partial charge in [-0.2, -0.15) is 0 Å². The molecule has 25 heavy (non-hydrogen) atoms. The lowest BCUT2D eigenvalue weighted by Crippen LogP contribution is -2.49. The highest BCUT2D eigenvalue weighted by Crippen LogP contribution is 2.29. The molecular formula is C20H30N2O3. The molecule has 5 heteroatoms. The van der Waals surface area contributed by atoms with Gasteiger partial charge in [0.15, 0.2) is 0 Å². The number of carbonyl (C=O) groups excluding carboxylic acids is 1. The first-order valence-corrected chi connectivity index (χ1v) is 9.47. The molecule has 3 rings (SSSR count). The highest BCUT2D eigenvalue weighted by Gasteiger charge is 2.38. The number of likely N-dealkylation sites (N-methyl/N-ethyl adjacent to an activating group) is 1. The summed E-state index contributed by atoms with van der Waals surface area (Å²) in [6, 6.07) is 8.69. The van der Waals surface area contributed by atoms with Crippen molar-refractivity contribution in [3.8, 4) is 5.75 Å². The van der Waals surface area contributed by atoms with E-state index < -0.39 is 0 Å². The van der Waals surface area contributed by atoms with Crippen LogP contribution in [0.1, 0.15) is 38.2 Å². The first-order valence-electron chi connectivity index (χ1n) is 9.47. The van der Waals surface area contributed by atoms with Crippen LogP contribution in [-0.4, -0.2) is 61.1 Å². The van der Waals surface area contributed by atoms with E-state index in [9.17, 15) is 4.79 Å². The van der Waals surface area contributed by atoms with Gasteiger partial charge in [-0.15, -0.1) is 0 Å². The molecule has 2 fully saturated rings. The smallest absolute Gasteiger partial charge is 0.248 e. The van der Waals surface area contributed by atoms with Crippen LogP contribution in [0.2, 0.25) is 0 Å². The summed E-state index contributed by atoms with van der Waals surface area (Å²) in [4.78, 5) is 17.3. The number of methoxy groups -OCH3 is 1. The Hall–Kier alpha value is -1.59. The van der Waals surface area contributed by atoms with Crippen molar-refractivity contribution in [3.63, 3.8) is 0 Å². The van der Waals surface area contributed by atoms with E-state index in [1.807, 2.05) is 24.3 Å². The third-order valence-corrected chi connectivity index (χ3v) is 5.51. The summed E-state index contributed by atoms with van der Waals surface area (Å²) in [7, 11) is 1.65. The molecule has 0 radical (unpaired) electrons. The molecule has 2 heterocycles. The predicted molar refractivity (Wildman–Crippen MR) is 97.7 cm³/mol. The summed E-state index contributed by atoms with van der Waals surface area (Å²) in [5.41, 5.74) is 1.03. The Balaban J connectivity index is 1.51. The molecule has 138 valence electrons. The van der Waals surface area contributed by atoms with Crippen LogP contribution in [-0.2, 0) is 16.1 Å². The van der Waals surface area contributed by atoms with Crippen molar-refractivity contribution in [2.45, 2.75) is 51.3 Å². The maximum atomic E-state index is 12.7. The van der Waals surface area contributed by atoms with Crippen LogP contribution in [0.25, 0.3) is 0 Å². The number of nitrogens with zero attached hydrogens (tertiary/aromatic N) is 2. The fraction of sp³-hybridized carbons (Fsp3) is 0.650. The highest BCUT2D eigenvalue weighted by molar-refractivity contribution is 5.78. The van der Waals surface area contributed by atoms with Crippen LogP contribution in [0.3, 0.4) is 0 Å². The van der Waals surface area contributed by atoms with Gasteiger partial charge in [-0.25, -0.2) is 0 Å². The molecule has 1 amide bonds. The van der Waals surface area contributed by atoms with Gasteiger partial charge in [-0.1, -0.05) is 19.1 Å². The first-order chi connectivity index (χ1) is 12.2. The molecular weight excluding hydrogens is 316 g/mol. The normalized spacial score (nSPS) is 24.0. The lowest BCUT2D eigenvalue weighted by atomic mass is 10.0. The summed E-state index contributed by atoms with van der Waals surface area (Å²) in [6.45, 7) is 5.94. The molecule has 1 aromatic carbocycles. The van der Waals surface area contributed by atoms with Crippen LogP contribution in [0, 0.1) is 0 Å². The largest absolute Gasteiger partial charge is 0.497 e. The molecule has 0 aromatic heterocycles. The number of likely N-dealkylation sites (tertiary alicyclic amines) is 2. The van der Waals surface area contributed by atoms with E-state index in [1.165, 1.54) is 19.4 Å². The zero-order chi connectivity index (χ0) is 17.6. The fourth-order valence-corrected chi connectivity index (χ4v) is 4.28. The average Bonchev–Trinajstić information content (AvgIpc) is 3.30. The summed E-state index contributed by atoms with van der Waals surface area (Å²) in [5.74, 6) is 0.946. The number of rotatable bonds is 7. The molecule has 2 atom stereocenters. The zero-order valence-corrected chi connectivity index (χ0v) is 15.4. The maximum Gasteiger partial charge on any atom is 0.248 e. The van der Waals surface area contributed by atoms with Crippen molar-refractivity contribution in [2.24, 2.45) is 0 Å². The lowest BCUT2D eigenvalue weighted by Gasteiger charge is -2.34. The number of carbonyl (C=O) groups is 1. The van der Waals surface area contributed by atoms with Crippen molar-refractivity contribution in [1.82, 2.24) is 9.80 Å². The number of hydrogen-bond donors (Lipinski definition) is 0. The Bertz CT molecular complexity index is 578. The van der Waals surface area contributed by atoms with E-state index in [-0.39, 0.29) is 12.5 Å². The van der Waals surface area contributed by atoms with Gasteiger partial charge < -0.3 is 14.4 Å². The Morgan fingerprint density at radius 1 is 1.20 bits per heavy atom. The van der Waals surface area contributed by atoms with Gasteiger partial charge in [0.25, 0.3) is 0 Å². The molecule has 2 saturated heterocycles. The molecule has 0 aliphatic carbocycles. The highest BCUT2D eigenvalue weighted by atomic mass is 16.5. The van der Waals surface area contributed by atoms with E-state index in [2.05, 4.69) is 16.7 Å². The Morgan fingerprint density at radius 3 is 2.80 bits per heavy atom. The van der Waals surface area contributed by atoms with E-state index in [4.69, 9.17) is 9.47 Å². The minimum Gasteiger partial charge on any atom is -0.497 e. The molecule has 0 unspecified atom stereocenters. The Kier molecular flexibility index (Phi) is 6.32. The maximum absolute atomic E-state index is 12.7. The van der Waals surface area contributed by atoms with E-state index in [0.717, 1.165) is 37.2 Å². The van der Waals surface area contributed by atoms with Gasteiger partial charge in [0.05, 0.1) is 13.7 Å². The summed E-state index contributed by atoms with van der Waals surface area (Å²) < 4.78 is 10.9. The van der Waals surface area contributed by atoms with Crippen molar-refractivity contribution < 1.29 is 14.3 Å². The number of hydrogen-bond acceptors (Lipinski definition) is 4. The monoisotopic (exact) mass is 346 g/mol. The third kappa shape index (κ3) is 4.33. The van der Waals surface area contributed by atoms with Gasteiger partial charge in [0.2, 0.25) is 5.91 Å². The van der Waals surface area contributed by atoms with E-state index >= 15 is 0 Å². The van der Waals surface area contributed by atoms with E-state index in [0.29, 0.717) is 18.7 Å². The number of ether oxygens (including phenoxy) is 2. The third-order valence-electron chi connectivity index (χ3n) is 5.51. The van der Waals surface area contributed by atoms with Crippen LogP contribution in [0.4, 0.5) is 0 Å². The molecule has 5 nitrogen and oxygen atoms in total. The van der Waals surface area contributed by atoms with Crippen molar-refractivity contribution in [3.05, 3.63) is 29.8 Å². The van der Waals surface area contributed by atoms with Gasteiger partial charge in [-0.3, -0.25) is 9.69 Å². The second-order valence-electron chi connectivity index (χ2n) is 6.98. The van der Waals surface area contributed by atoms with Crippen molar-refractivity contribution in [2.75, 3.05) is 33.4 Å². The molecule has 0 bridgehead atoms. The van der Waals surface area contributed by atoms with Crippen LogP contribution < -0.4 is 4.74 Å². The van der Waals surface area contributed by atoms with Gasteiger partial charge in [0.1, 0.15) is 12.4 Å². The summed E-state index contributed by atoms with van der Waals surface area (Å²) in [5, 5.41) is 0. The predicted octanol–water partition coefficient (Wildman–Crippen LogP) is 2.69. The van der Waals surface area contributed by atoms with Crippen LogP contribution in [0.5, 0.6) is 5.75 Å². The Morgan fingerprint density at radius 2 is 2.00 bits per heavy atom. The number of benzene rings is 1. The van der Waals surface area contributed by atoms with Gasteiger partial charge >= 0.3 is 0 Å². The summed E-state index contributed by atoms with van der Waals surface area (Å²) >= 11 is 0. The van der Waals surface area contributed by atoms with Gasteiger partial charge in [-0.05, 0) is 56.5 Å². The van der Waals surface area contributed by atoms with E-state index in [1.54, 1.807) is 7.11 Å². The average molecular weight is 346 g/mol. The van der Waals surface area contributed by atoms with Crippen LogP contribution in [0.15, 0.2) is 24.3 Å². The van der Waals surface area contributed by atoms with Crippen molar-refractivity contribution >= 4 is 5.91 Å². The molecule has 2 aliphatic rings. The quantitative estimate of drug-likeness (QED) is 0.761. The minimum atomic E-state index is 0.133. The molecule has 2 aliphatic heterocycles. The molecule has 0 saturated carbocycles. The Labute approximate surface area is 150 Å². The fourth-order valence-electron chi connectivity index (χ4n) is 4.28. The molecule has 1 aromatic rings. The molecule has 0 spiro atoms. The molecule has 0 N–H and O–H groups in total. The minimum absolute atomic E-state index is 0.133. The topological polar surface area (TPSA) is 42.0 Å². The first kappa shape index (κ1) is 18.2. The number of amides is 1. The second kappa shape index (κ2) is 8.68. The van der Waals surface area contributed by atoms with Crippen LogP contribution >= 0.6 is 0 Å². The lowest BCUT2D eigenvalue weighted by molar-refractivity contribution is -0.138. The zero-order valence-electron chi connectivity index (χ0n) is 15.4. The standard InChI is InChI=1S/C20H30N2O3/c1-3-21-11-5-9-18(21)19-10-6-12-22(19)20(23)15-25-14-16-7-4-8-17(13-16)24-2/h4,7-8,13,18-19H,3,5-6,9-12,14-15H2,1-2H3/t18-,19-/m1/s1.